The van der Waals surface area contributed by atoms with Gasteiger partial charge in [-0.25, -0.2) is 0 Å². The van der Waals surface area contributed by atoms with Crippen LogP contribution in [0.2, 0.25) is 5.02 Å². The van der Waals surface area contributed by atoms with Gasteiger partial charge in [-0.2, -0.15) is 0 Å². The molecule has 2 aromatic carbocycles. The van der Waals surface area contributed by atoms with Crippen LogP contribution < -0.4 is 14.2 Å². The smallest absolute Gasteiger partial charge is 0.293 e. The standard InChI is InChI=1S/C19H13ClINO6S/c1-26-15-3-9(2-12(21)17(15)23)4-16-18(24)22(19(25)29-16)7-10-5-13-14(6-11(10)20)28-8-27-13/h2-6,23H,7-8H2,1H3/b16-4+. The lowest BCUT2D eigenvalue weighted by atomic mass is 10.1. The number of aromatic hydroxyl groups is 1. The van der Waals surface area contributed by atoms with Crippen molar-refractivity contribution in [3.05, 3.63) is 48.9 Å². The number of nitrogens with zero attached hydrogens (tertiary/aromatic N) is 1. The van der Waals surface area contributed by atoms with Crippen molar-refractivity contribution < 1.29 is 28.9 Å². The van der Waals surface area contributed by atoms with Crippen LogP contribution in [0.15, 0.2) is 29.2 Å². The fraction of sp³-hybridized carbons (Fsp3) is 0.158. The molecule has 0 aromatic heterocycles. The zero-order valence-electron chi connectivity index (χ0n) is 14.9. The van der Waals surface area contributed by atoms with Gasteiger partial charge in [0.2, 0.25) is 6.79 Å². The normalized spacial score (nSPS) is 16.8. The van der Waals surface area contributed by atoms with E-state index in [9.17, 15) is 14.7 Å². The number of fused-ring (bicyclic) bond motifs is 1. The van der Waals surface area contributed by atoms with Crippen LogP contribution in [0.4, 0.5) is 4.79 Å². The predicted octanol–water partition coefficient (Wildman–Crippen LogP) is 4.62. The summed E-state index contributed by atoms with van der Waals surface area (Å²) in [6, 6.07) is 6.57. The van der Waals surface area contributed by atoms with Crippen LogP contribution in [0, 0.1) is 3.57 Å². The molecule has 29 heavy (non-hydrogen) atoms. The first kappa shape index (κ1) is 20.2. The van der Waals surface area contributed by atoms with Crippen molar-refractivity contribution in [2.24, 2.45) is 0 Å². The summed E-state index contributed by atoms with van der Waals surface area (Å²) in [7, 11) is 1.44. The second kappa shape index (κ2) is 7.96. The Morgan fingerprint density at radius 3 is 2.72 bits per heavy atom. The van der Waals surface area contributed by atoms with Crippen LogP contribution >= 0.6 is 46.0 Å². The van der Waals surface area contributed by atoms with E-state index in [2.05, 4.69) is 0 Å². The summed E-state index contributed by atoms with van der Waals surface area (Å²) >= 11 is 9.08. The van der Waals surface area contributed by atoms with Gasteiger partial charge in [-0.1, -0.05) is 11.6 Å². The molecule has 0 radical (unpaired) electrons. The molecule has 0 spiro atoms. The number of hydrogen-bond donors (Lipinski definition) is 1. The van der Waals surface area contributed by atoms with E-state index in [1.807, 2.05) is 22.6 Å². The average Bonchev–Trinajstić information content (AvgIpc) is 3.23. The third kappa shape index (κ3) is 3.86. The largest absolute Gasteiger partial charge is 0.504 e. The minimum absolute atomic E-state index is 0.0217. The Morgan fingerprint density at radius 1 is 1.28 bits per heavy atom. The topological polar surface area (TPSA) is 85.3 Å². The van der Waals surface area contributed by atoms with E-state index in [0.29, 0.717) is 31.2 Å². The van der Waals surface area contributed by atoms with Crippen molar-refractivity contribution in [3.8, 4) is 23.0 Å². The third-order valence-corrected chi connectivity index (χ3v) is 6.39. The molecule has 0 aliphatic carbocycles. The highest BCUT2D eigenvalue weighted by molar-refractivity contribution is 14.1. The molecular weight excluding hydrogens is 533 g/mol. The summed E-state index contributed by atoms with van der Waals surface area (Å²) in [5.41, 5.74) is 1.22. The van der Waals surface area contributed by atoms with Crippen LogP contribution in [0.5, 0.6) is 23.0 Å². The van der Waals surface area contributed by atoms with E-state index in [-0.39, 0.29) is 29.7 Å². The highest BCUT2D eigenvalue weighted by Gasteiger charge is 2.35. The number of halogens is 2. The third-order valence-electron chi connectivity index (χ3n) is 4.31. The Kier molecular flexibility index (Phi) is 5.54. The van der Waals surface area contributed by atoms with Gasteiger partial charge >= 0.3 is 0 Å². The number of thioether (sulfide) groups is 1. The first-order chi connectivity index (χ1) is 13.9. The highest BCUT2D eigenvalue weighted by atomic mass is 127. The molecule has 0 unspecified atom stereocenters. The molecule has 0 atom stereocenters. The van der Waals surface area contributed by atoms with Crippen LogP contribution in [-0.2, 0) is 11.3 Å². The van der Waals surface area contributed by atoms with Crippen molar-refractivity contribution in [1.29, 1.82) is 0 Å². The maximum atomic E-state index is 12.8. The van der Waals surface area contributed by atoms with E-state index in [1.165, 1.54) is 7.11 Å². The first-order valence-electron chi connectivity index (χ1n) is 8.27. The number of benzene rings is 2. The molecule has 2 heterocycles. The van der Waals surface area contributed by atoms with Gasteiger partial charge in [0.15, 0.2) is 23.0 Å². The minimum Gasteiger partial charge on any atom is -0.504 e. The monoisotopic (exact) mass is 545 g/mol. The number of rotatable bonds is 4. The Morgan fingerprint density at radius 2 is 2.00 bits per heavy atom. The zero-order valence-corrected chi connectivity index (χ0v) is 18.6. The Labute approximate surface area is 188 Å². The molecule has 7 nitrogen and oxygen atoms in total. The molecule has 2 aromatic rings. The number of carbonyl (C=O) groups is 2. The number of phenolic OH excluding ortho intramolecular Hbond substituents is 1. The van der Waals surface area contributed by atoms with Gasteiger partial charge < -0.3 is 19.3 Å². The molecule has 0 bridgehead atoms. The molecule has 2 aliphatic heterocycles. The van der Waals surface area contributed by atoms with Crippen molar-refractivity contribution in [2.75, 3.05) is 13.9 Å². The fourth-order valence-corrected chi connectivity index (χ4v) is 4.55. The van der Waals surface area contributed by atoms with Gasteiger partial charge in [-0.05, 0) is 69.8 Å². The van der Waals surface area contributed by atoms with E-state index >= 15 is 0 Å². The minimum atomic E-state index is -0.421. The van der Waals surface area contributed by atoms with Crippen molar-refractivity contribution in [1.82, 2.24) is 4.90 Å². The lowest BCUT2D eigenvalue weighted by Crippen LogP contribution is -2.27. The van der Waals surface area contributed by atoms with E-state index < -0.39 is 11.1 Å². The summed E-state index contributed by atoms with van der Waals surface area (Å²) in [6.45, 7) is 0.127. The van der Waals surface area contributed by atoms with E-state index in [4.69, 9.17) is 25.8 Å². The molecule has 4 rings (SSSR count). The number of imide groups is 1. The summed E-state index contributed by atoms with van der Waals surface area (Å²) in [4.78, 5) is 26.7. The van der Waals surface area contributed by atoms with Gasteiger partial charge in [0.1, 0.15) is 0 Å². The Hall–Kier alpha value is -2.11. The Bertz CT molecular complexity index is 1070. The summed E-state index contributed by atoms with van der Waals surface area (Å²) in [6.07, 6.45) is 1.59. The molecule has 1 fully saturated rings. The van der Waals surface area contributed by atoms with E-state index in [1.54, 1.807) is 30.3 Å². The SMILES string of the molecule is COc1cc(/C=C2/SC(=O)N(Cc3cc4c(cc3Cl)OCO4)C2=O)cc(I)c1O. The maximum Gasteiger partial charge on any atom is 0.293 e. The lowest BCUT2D eigenvalue weighted by molar-refractivity contribution is -0.123. The van der Waals surface area contributed by atoms with Crippen LogP contribution in [-0.4, -0.2) is 35.1 Å². The average molecular weight is 546 g/mol. The number of ether oxygens (including phenoxy) is 3. The molecule has 1 saturated heterocycles. The summed E-state index contributed by atoms with van der Waals surface area (Å²) < 4.78 is 16.3. The molecule has 2 amide bonds. The molecule has 1 N–H and O–H groups in total. The first-order valence-corrected chi connectivity index (χ1v) is 10.5. The fourth-order valence-electron chi connectivity index (χ4n) is 2.87. The molecule has 0 saturated carbocycles. The molecular formula is C19H13ClINO6S. The van der Waals surface area contributed by atoms with E-state index in [0.717, 1.165) is 16.7 Å². The van der Waals surface area contributed by atoms with Gasteiger partial charge in [-0.15, -0.1) is 0 Å². The van der Waals surface area contributed by atoms with Crippen molar-refractivity contribution in [2.45, 2.75) is 6.54 Å². The number of methoxy groups -OCH3 is 1. The number of hydrogen-bond acceptors (Lipinski definition) is 7. The van der Waals surface area contributed by atoms with Crippen LogP contribution in [0.25, 0.3) is 6.08 Å². The summed E-state index contributed by atoms with van der Waals surface area (Å²) in [5, 5.41) is 9.95. The molecule has 2 aliphatic rings. The maximum absolute atomic E-state index is 12.8. The quantitative estimate of drug-likeness (QED) is 0.443. The number of carbonyl (C=O) groups excluding carboxylic acids is 2. The highest BCUT2D eigenvalue weighted by Crippen LogP contribution is 2.40. The van der Waals surface area contributed by atoms with Crippen LogP contribution in [0.3, 0.4) is 0 Å². The van der Waals surface area contributed by atoms with Crippen molar-refractivity contribution >= 4 is 63.2 Å². The van der Waals surface area contributed by atoms with Gasteiger partial charge in [0, 0.05) is 11.1 Å². The number of phenols is 1. The van der Waals surface area contributed by atoms with Crippen LogP contribution in [0.1, 0.15) is 11.1 Å². The predicted molar refractivity (Wildman–Crippen MR) is 116 cm³/mol. The van der Waals surface area contributed by atoms with Crippen molar-refractivity contribution in [3.63, 3.8) is 0 Å². The van der Waals surface area contributed by atoms with Gasteiger partial charge in [0.25, 0.3) is 11.1 Å². The van der Waals surface area contributed by atoms with Gasteiger partial charge in [0.05, 0.1) is 22.1 Å². The second-order valence-electron chi connectivity index (χ2n) is 6.12. The van der Waals surface area contributed by atoms with Gasteiger partial charge in [-0.3, -0.25) is 14.5 Å². The second-order valence-corrected chi connectivity index (χ2v) is 8.68. The Balaban J connectivity index is 1.60. The number of amides is 2. The summed E-state index contributed by atoms with van der Waals surface area (Å²) in [5.74, 6) is 0.947. The lowest BCUT2D eigenvalue weighted by Gasteiger charge is -2.14. The zero-order chi connectivity index (χ0) is 20.7. The molecule has 10 heteroatoms. The molecule has 150 valence electrons.